The monoisotopic (exact) mass is 425 g/mol. The third-order valence-corrected chi connectivity index (χ3v) is 5.52. The molecule has 0 bridgehead atoms. The molecule has 2 rings (SSSR count). The molecule has 0 aliphatic carbocycles. The third-order valence-electron chi connectivity index (χ3n) is 3.74. The number of carbonyl (C=O) groups excluding carboxylic acids is 1. The van der Waals surface area contributed by atoms with Crippen molar-refractivity contribution in [2.24, 2.45) is 0 Å². The zero-order chi connectivity index (χ0) is 20.2. The average Bonchev–Trinajstić information content (AvgIpc) is 2.59. The van der Waals surface area contributed by atoms with Gasteiger partial charge in [-0.2, -0.15) is 5.26 Å². The molecule has 0 heterocycles. The van der Waals surface area contributed by atoms with E-state index in [-0.39, 0.29) is 17.1 Å². The zero-order valence-electron chi connectivity index (χ0n) is 14.6. The molecule has 0 unspecified atom stereocenters. The molecular weight excluding hydrogens is 409 g/mol. The molecule has 142 valence electrons. The van der Waals surface area contributed by atoms with Crippen LogP contribution in [0.2, 0.25) is 10.0 Å². The molecule has 0 saturated heterocycles. The first kappa shape index (κ1) is 21.0. The molecule has 0 aliphatic heterocycles. The summed E-state index contributed by atoms with van der Waals surface area (Å²) in [5.74, 6) is -0.537. The van der Waals surface area contributed by atoms with Gasteiger partial charge in [0.15, 0.2) is 0 Å². The minimum atomic E-state index is -3.81. The topological polar surface area (TPSA) is 90.3 Å². The standard InChI is InChI=1S/C18H17Cl2N3O3S/c1-12(18(24)22-15-6-3-13(4-7-15)9-10-21)23(27(2,25)26)17-11-14(19)5-8-16(17)20/h3-8,11-12H,9H2,1-2H3,(H,22,24)/t12-/m0/s1. The lowest BCUT2D eigenvalue weighted by atomic mass is 10.1. The highest BCUT2D eigenvalue weighted by Gasteiger charge is 2.30. The minimum Gasteiger partial charge on any atom is -0.324 e. The number of nitrogens with zero attached hydrogens (tertiary/aromatic N) is 2. The van der Waals surface area contributed by atoms with E-state index in [1.54, 1.807) is 24.3 Å². The molecule has 2 aromatic rings. The van der Waals surface area contributed by atoms with E-state index in [1.165, 1.54) is 25.1 Å². The van der Waals surface area contributed by atoms with Crippen molar-refractivity contribution in [1.82, 2.24) is 0 Å². The fourth-order valence-corrected chi connectivity index (χ4v) is 4.08. The smallest absolute Gasteiger partial charge is 0.247 e. The van der Waals surface area contributed by atoms with Crippen LogP contribution in [0.3, 0.4) is 0 Å². The Labute approximate surface area is 168 Å². The van der Waals surface area contributed by atoms with Gasteiger partial charge in [0.25, 0.3) is 0 Å². The summed E-state index contributed by atoms with van der Waals surface area (Å²) in [6, 6.07) is 12.1. The van der Waals surface area contributed by atoms with Crippen LogP contribution in [0, 0.1) is 11.3 Å². The second kappa shape index (κ2) is 8.61. The Balaban J connectivity index is 2.30. The normalized spacial score (nSPS) is 12.1. The number of nitrogens with one attached hydrogen (secondary N) is 1. The number of carbonyl (C=O) groups is 1. The second-order valence-corrected chi connectivity index (χ2v) is 8.55. The van der Waals surface area contributed by atoms with Gasteiger partial charge in [-0.15, -0.1) is 0 Å². The van der Waals surface area contributed by atoms with Crippen molar-refractivity contribution in [3.63, 3.8) is 0 Å². The molecule has 27 heavy (non-hydrogen) atoms. The molecule has 6 nitrogen and oxygen atoms in total. The van der Waals surface area contributed by atoms with Crippen LogP contribution in [-0.2, 0) is 21.2 Å². The molecule has 0 saturated carbocycles. The van der Waals surface area contributed by atoms with Crippen LogP contribution in [-0.4, -0.2) is 26.6 Å². The highest BCUT2D eigenvalue weighted by Crippen LogP contribution is 2.32. The van der Waals surface area contributed by atoms with Crippen LogP contribution in [0.25, 0.3) is 0 Å². The summed E-state index contributed by atoms with van der Waals surface area (Å²) in [7, 11) is -3.81. The Hall–Kier alpha value is -2.27. The Morgan fingerprint density at radius 2 is 1.85 bits per heavy atom. The van der Waals surface area contributed by atoms with Crippen molar-refractivity contribution < 1.29 is 13.2 Å². The molecular formula is C18H17Cl2N3O3S. The SMILES string of the molecule is C[C@@H](C(=O)Nc1ccc(CC#N)cc1)N(c1cc(Cl)ccc1Cl)S(C)(=O)=O. The quantitative estimate of drug-likeness (QED) is 0.760. The van der Waals surface area contributed by atoms with Crippen LogP contribution in [0.1, 0.15) is 12.5 Å². The molecule has 1 N–H and O–H groups in total. The summed E-state index contributed by atoms with van der Waals surface area (Å²) >= 11 is 12.1. The highest BCUT2D eigenvalue weighted by atomic mass is 35.5. The number of halogens is 2. The predicted molar refractivity (Wildman–Crippen MR) is 108 cm³/mol. The lowest BCUT2D eigenvalue weighted by Crippen LogP contribution is -2.45. The number of anilines is 2. The molecule has 1 atom stereocenters. The van der Waals surface area contributed by atoms with Gasteiger partial charge in [-0.25, -0.2) is 8.42 Å². The van der Waals surface area contributed by atoms with E-state index in [0.717, 1.165) is 16.1 Å². The molecule has 0 aromatic heterocycles. The van der Waals surface area contributed by atoms with Gasteiger partial charge in [-0.1, -0.05) is 35.3 Å². The maximum atomic E-state index is 12.6. The Morgan fingerprint density at radius 1 is 1.22 bits per heavy atom. The Bertz CT molecular complexity index is 986. The molecule has 0 spiro atoms. The van der Waals surface area contributed by atoms with E-state index in [2.05, 4.69) is 5.32 Å². The van der Waals surface area contributed by atoms with E-state index in [0.29, 0.717) is 10.7 Å². The van der Waals surface area contributed by atoms with Crippen LogP contribution in [0.15, 0.2) is 42.5 Å². The predicted octanol–water partition coefficient (Wildman–Crippen LogP) is 3.85. The first-order chi connectivity index (χ1) is 12.6. The minimum absolute atomic E-state index is 0.124. The first-order valence-electron chi connectivity index (χ1n) is 7.84. The van der Waals surface area contributed by atoms with Crippen molar-refractivity contribution in [1.29, 1.82) is 5.26 Å². The average molecular weight is 426 g/mol. The number of hydrogen-bond donors (Lipinski definition) is 1. The van der Waals surface area contributed by atoms with Crippen molar-refractivity contribution in [3.8, 4) is 6.07 Å². The van der Waals surface area contributed by atoms with Gasteiger partial charge in [0, 0.05) is 10.7 Å². The fraction of sp³-hybridized carbons (Fsp3) is 0.222. The van der Waals surface area contributed by atoms with Crippen LogP contribution in [0.5, 0.6) is 0 Å². The van der Waals surface area contributed by atoms with Gasteiger partial charge in [-0.05, 0) is 42.8 Å². The highest BCUT2D eigenvalue weighted by molar-refractivity contribution is 7.92. The van der Waals surface area contributed by atoms with Crippen molar-refractivity contribution in [2.75, 3.05) is 15.9 Å². The van der Waals surface area contributed by atoms with Gasteiger partial charge in [0.05, 0.1) is 29.5 Å². The summed E-state index contributed by atoms with van der Waals surface area (Å²) in [6.45, 7) is 1.46. The van der Waals surface area contributed by atoms with Crippen molar-refractivity contribution >= 4 is 50.5 Å². The maximum Gasteiger partial charge on any atom is 0.247 e. The van der Waals surface area contributed by atoms with Crippen molar-refractivity contribution in [3.05, 3.63) is 58.1 Å². The Morgan fingerprint density at radius 3 is 2.41 bits per heavy atom. The van der Waals surface area contributed by atoms with Gasteiger partial charge in [-0.3, -0.25) is 9.10 Å². The van der Waals surface area contributed by atoms with E-state index in [1.807, 2.05) is 6.07 Å². The van der Waals surface area contributed by atoms with Crippen LogP contribution >= 0.6 is 23.2 Å². The van der Waals surface area contributed by atoms with Gasteiger partial charge in [0.2, 0.25) is 15.9 Å². The van der Waals surface area contributed by atoms with Gasteiger partial charge in [0.1, 0.15) is 6.04 Å². The molecule has 0 aliphatic rings. The molecule has 9 heteroatoms. The molecule has 0 fully saturated rings. The lowest BCUT2D eigenvalue weighted by Gasteiger charge is -2.29. The fourth-order valence-electron chi connectivity index (χ4n) is 2.48. The molecule has 1 amide bonds. The largest absolute Gasteiger partial charge is 0.324 e. The van der Waals surface area contributed by atoms with Crippen molar-refractivity contribution in [2.45, 2.75) is 19.4 Å². The summed E-state index contributed by atoms with van der Waals surface area (Å²) in [5.41, 5.74) is 1.42. The van der Waals surface area contributed by atoms with Gasteiger partial charge < -0.3 is 5.32 Å². The van der Waals surface area contributed by atoms with E-state index < -0.39 is 22.0 Å². The third kappa shape index (κ3) is 5.36. The zero-order valence-corrected chi connectivity index (χ0v) is 16.9. The number of benzene rings is 2. The second-order valence-electron chi connectivity index (χ2n) is 5.85. The number of nitriles is 1. The summed E-state index contributed by atoms with van der Waals surface area (Å²) < 4.78 is 25.6. The number of hydrogen-bond acceptors (Lipinski definition) is 4. The van der Waals surface area contributed by atoms with E-state index >= 15 is 0 Å². The van der Waals surface area contributed by atoms with Crippen LogP contribution in [0.4, 0.5) is 11.4 Å². The Kier molecular flexibility index (Phi) is 6.71. The van der Waals surface area contributed by atoms with E-state index in [4.69, 9.17) is 28.5 Å². The molecule has 2 aromatic carbocycles. The van der Waals surface area contributed by atoms with Crippen LogP contribution < -0.4 is 9.62 Å². The lowest BCUT2D eigenvalue weighted by molar-refractivity contribution is -0.116. The number of amides is 1. The summed E-state index contributed by atoms with van der Waals surface area (Å²) in [5, 5.41) is 11.8. The molecule has 0 radical (unpaired) electrons. The summed E-state index contributed by atoms with van der Waals surface area (Å²) in [4.78, 5) is 12.6. The summed E-state index contributed by atoms with van der Waals surface area (Å²) in [6.07, 6.45) is 1.25. The van der Waals surface area contributed by atoms with Gasteiger partial charge >= 0.3 is 0 Å². The van der Waals surface area contributed by atoms with E-state index in [9.17, 15) is 13.2 Å². The first-order valence-corrected chi connectivity index (χ1v) is 10.4. The maximum absolute atomic E-state index is 12.6. The number of rotatable bonds is 6. The number of sulfonamides is 1.